The normalized spacial score (nSPS) is 20.5. The van der Waals surface area contributed by atoms with Crippen LogP contribution in [0.3, 0.4) is 0 Å². The van der Waals surface area contributed by atoms with Gasteiger partial charge in [0.15, 0.2) is 0 Å². The third kappa shape index (κ3) is 3.90. The molecule has 32 heavy (non-hydrogen) atoms. The third-order valence-corrected chi connectivity index (χ3v) is 5.31. The number of aromatic nitrogens is 2. The number of nitrogens with one attached hydrogen (secondary N) is 1. The molecule has 1 aromatic heterocycles. The van der Waals surface area contributed by atoms with Gasteiger partial charge in [0.05, 0.1) is 12.0 Å². The summed E-state index contributed by atoms with van der Waals surface area (Å²) in [6.07, 6.45) is -5.81. The molecule has 12 heteroatoms. The fraction of sp³-hybridized carbons (Fsp3) is 0.350. The van der Waals surface area contributed by atoms with Gasteiger partial charge in [-0.1, -0.05) is 23.4 Å². The van der Waals surface area contributed by atoms with Crippen LogP contribution in [0.25, 0.3) is 0 Å². The maximum absolute atomic E-state index is 14.3. The van der Waals surface area contributed by atoms with Crippen LogP contribution in [0.5, 0.6) is 0 Å². The first kappa shape index (κ1) is 22.1. The van der Waals surface area contributed by atoms with Crippen molar-refractivity contribution in [1.82, 2.24) is 14.9 Å². The van der Waals surface area contributed by atoms with Crippen LogP contribution >= 0.6 is 11.6 Å². The van der Waals surface area contributed by atoms with Crippen LogP contribution in [-0.4, -0.2) is 21.8 Å². The second-order valence-electron chi connectivity index (χ2n) is 7.37. The van der Waals surface area contributed by atoms with E-state index in [0.29, 0.717) is 18.9 Å². The van der Waals surface area contributed by atoms with Gasteiger partial charge in [-0.05, 0) is 31.0 Å². The molecule has 0 radical (unpaired) electrons. The molecule has 1 N–H and O–H groups in total. The van der Waals surface area contributed by atoms with Gasteiger partial charge in [0, 0.05) is 22.6 Å². The smallest absolute Gasteiger partial charge is 0.310 e. The number of carbonyl (C=O) groups excluding carboxylic acids is 1. The quantitative estimate of drug-likeness (QED) is 0.538. The summed E-state index contributed by atoms with van der Waals surface area (Å²) < 4.78 is 69.1. The molecule has 2 aromatic rings. The Labute approximate surface area is 183 Å². The van der Waals surface area contributed by atoms with Crippen LogP contribution in [-0.2, 0) is 12.2 Å². The van der Waals surface area contributed by atoms with Crippen molar-refractivity contribution < 1.29 is 26.7 Å². The predicted octanol–water partition coefficient (Wildman–Crippen LogP) is 4.19. The van der Waals surface area contributed by atoms with Gasteiger partial charge in [0.1, 0.15) is 12.4 Å². The standard InChI is InChI=1S/C20H14ClF5N4O2/c21-12-3-4-15-13(7-12)19(20(24,25)26,6-5-11-1-2-11)28-18(32)30(15)10-29-9-27-14(17(22)23)8-16(29)31/h3-4,7-9,11,17H,1-2,10H2,(H,28,32)/t19-/m0/s1. The molecule has 2 amide bonds. The Morgan fingerprint density at radius 2 is 1.97 bits per heavy atom. The summed E-state index contributed by atoms with van der Waals surface area (Å²) in [6, 6.07) is 2.98. The van der Waals surface area contributed by atoms with Crippen LogP contribution in [0.1, 0.15) is 30.5 Å². The number of halogens is 6. The Morgan fingerprint density at radius 3 is 2.56 bits per heavy atom. The second-order valence-corrected chi connectivity index (χ2v) is 7.81. The molecular weight excluding hydrogens is 459 g/mol. The molecule has 1 aromatic carbocycles. The summed E-state index contributed by atoms with van der Waals surface area (Å²) in [6.45, 7) is -0.570. The average Bonchev–Trinajstić information content (AvgIpc) is 3.53. The average molecular weight is 473 g/mol. The summed E-state index contributed by atoms with van der Waals surface area (Å²) in [5, 5.41) is 1.92. The van der Waals surface area contributed by atoms with Crippen molar-refractivity contribution in [2.75, 3.05) is 4.90 Å². The molecule has 0 bridgehead atoms. The van der Waals surface area contributed by atoms with Crippen molar-refractivity contribution in [3.63, 3.8) is 0 Å². The summed E-state index contributed by atoms with van der Waals surface area (Å²) in [5.74, 6) is 4.60. The minimum Gasteiger partial charge on any atom is -0.310 e. The van der Waals surface area contributed by atoms with Crippen LogP contribution in [0.4, 0.5) is 32.4 Å². The zero-order chi connectivity index (χ0) is 23.3. The van der Waals surface area contributed by atoms with E-state index in [1.54, 1.807) is 0 Å². The number of fused-ring (bicyclic) bond motifs is 1. The van der Waals surface area contributed by atoms with Crippen LogP contribution in [0.2, 0.25) is 5.02 Å². The van der Waals surface area contributed by atoms with Gasteiger partial charge < -0.3 is 5.32 Å². The van der Waals surface area contributed by atoms with Crippen molar-refractivity contribution in [3.8, 4) is 11.8 Å². The summed E-state index contributed by atoms with van der Waals surface area (Å²) in [5.41, 5.74) is -5.24. The number of urea groups is 1. The molecule has 168 valence electrons. The molecule has 1 saturated carbocycles. The largest absolute Gasteiger partial charge is 0.427 e. The fourth-order valence-corrected chi connectivity index (χ4v) is 3.41. The number of hydrogen-bond acceptors (Lipinski definition) is 3. The lowest BCUT2D eigenvalue weighted by Gasteiger charge is -2.41. The number of benzene rings is 1. The zero-order valence-electron chi connectivity index (χ0n) is 16.1. The molecule has 1 atom stereocenters. The summed E-state index contributed by atoms with van der Waals surface area (Å²) >= 11 is 5.96. The van der Waals surface area contributed by atoms with Gasteiger partial charge in [0.25, 0.3) is 12.0 Å². The maximum Gasteiger partial charge on any atom is 0.427 e. The number of amides is 2. The van der Waals surface area contributed by atoms with E-state index in [2.05, 4.69) is 16.8 Å². The molecule has 2 heterocycles. The van der Waals surface area contributed by atoms with E-state index in [-0.39, 0.29) is 16.6 Å². The van der Waals surface area contributed by atoms with E-state index in [1.807, 2.05) is 5.32 Å². The van der Waals surface area contributed by atoms with Gasteiger partial charge >= 0.3 is 12.2 Å². The lowest BCUT2D eigenvalue weighted by molar-refractivity contribution is -0.179. The number of anilines is 1. The molecule has 1 fully saturated rings. The first-order valence-corrected chi connectivity index (χ1v) is 9.73. The number of rotatable bonds is 3. The van der Waals surface area contributed by atoms with E-state index < -0.39 is 47.7 Å². The van der Waals surface area contributed by atoms with Crippen molar-refractivity contribution in [2.45, 2.75) is 37.7 Å². The maximum atomic E-state index is 14.3. The van der Waals surface area contributed by atoms with Crippen LogP contribution < -0.4 is 15.8 Å². The van der Waals surface area contributed by atoms with Gasteiger partial charge in [-0.3, -0.25) is 14.3 Å². The number of nitrogens with zero attached hydrogens (tertiary/aromatic N) is 3. The molecule has 0 spiro atoms. The second kappa shape index (κ2) is 7.78. The molecule has 6 nitrogen and oxygen atoms in total. The molecule has 2 aliphatic rings. The highest BCUT2D eigenvalue weighted by Gasteiger charge is 2.60. The topological polar surface area (TPSA) is 67.2 Å². The van der Waals surface area contributed by atoms with Crippen LogP contribution in [0, 0.1) is 17.8 Å². The summed E-state index contributed by atoms with van der Waals surface area (Å²) in [7, 11) is 0. The van der Waals surface area contributed by atoms with E-state index in [0.717, 1.165) is 21.9 Å². The lowest BCUT2D eigenvalue weighted by atomic mass is 9.86. The molecule has 0 saturated heterocycles. The first-order chi connectivity index (χ1) is 15.0. The Hall–Kier alpha value is -3.13. The van der Waals surface area contributed by atoms with Gasteiger partial charge in [-0.15, -0.1) is 0 Å². The third-order valence-electron chi connectivity index (χ3n) is 5.08. The van der Waals surface area contributed by atoms with Gasteiger partial charge in [-0.25, -0.2) is 18.6 Å². The Kier molecular flexibility index (Phi) is 5.36. The monoisotopic (exact) mass is 472 g/mol. The molecular formula is C20H14ClF5N4O2. The lowest BCUT2D eigenvalue weighted by Crippen LogP contribution is -2.62. The van der Waals surface area contributed by atoms with Crippen molar-refractivity contribution in [3.05, 3.63) is 57.2 Å². The van der Waals surface area contributed by atoms with Crippen molar-refractivity contribution >= 4 is 23.3 Å². The Balaban J connectivity index is 1.82. The van der Waals surface area contributed by atoms with Crippen molar-refractivity contribution in [2.24, 2.45) is 5.92 Å². The van der Waals surface area contributed by atoms with Gasteiger partial charge in [0.2, 0.25) is 5.54 Å². The SMILES string of the molecule is O=C1N[C@](C#CC2CC2)(C(F)(F)F)c2cc(Cl)ccc2N1Cn1cnc(C(F)F)cc1=O. The Bertz CT molecular complexity index is 1200. The molecule has 1 aliphatic heterocycles. The van der Waals surface area contributed by atoms with E-state index in [4.69, 9.17) is 11.6 Å². The van der Waals surface area contributed by atoms with E-state index in [9.17, 15) is 31.5 Å². The van der Waals surface area contributed by atoms with E-state index >= 15 is 0 Å². The van der Waals surface area contributed by atoms with E-state index in [1.165, 1.54) is 12.1 Å². The first-order valence-electron chi connectivity index (χ1n) is 9.35. The predicted molar refractivity (Wildman–Crippen MR) is 104 cm³/mol. The minimum atomic E-state index is -4.98. The van der Waals surface area contributed by atoms with Crippen LogP contribution in [0.15, 0.2) is 35.4 Å². The Morgan fingerprint density at radius 1 is 1.25 bits per heavy atom. The molecule has 1 aliphatic carbocycles. The highest BCUT2D eigenvalue weighted by molar-refractivity contribution is 6.30. The fourth-order valence-electron chi connectivity index (χ4n) is 3.24. The number of alkyl halides is 5. The minimum absolute atomic E-state index is 0.0122. The highest BCUT2D eigenvalue weighted by Crippen LogP contribution is 2.46. The summed E-state index contributed by atoms with van der Waals surface area (Å²) in [4.78, 5) is 29.3. The molecule has 4 rings (SSSR count). The van der Waals surface area contributed by atoms with Gasteiger partial charge in [-0.2, -0.15) is 13.2 Å². The highest BCUT2D eigenvalue weighted by atomic mass is 35.5. The number of carbonyl (C=O) groups is 1. The van der Waals surface area contributed by atoms with Crippen molar-refractivity contribution in [1.29, 1.82) is 0 Å². The zero-order valence-corrected chi connectivity index (χ0v) is 16.8. The number of hydrogen-bond donors (Lipinski definition) is 1. The molecule has 0 unspecified atom stereocenters.